The van der Waals surface area contributed by atoms with Gasteiger partial charge in [0.25, 0.3) is 0 Å². The van der Waals surface area contributed by atoms with Gasteiger partial charge in [-0.2, -0.15) is 0 Å². The minimum absolute atomic E-state index is 0.397. The molecule has 2 aromatic carbocycles. The zero-order valence-corrected chi connectivity index (χ0v) is 11.9. The van der Waals surface area contributed by atoms with E-state index in [9.17, 15) is 4.79 Å². The zero-order valence-electron chi connectivity index (χ0n) is 11.2. The molecular formula is C16H16ClNO2. The molecule has 2 aromatic rings. The molecule has 2 N–H and O–H groups in total. The summed E-state index contributed by atoms with van der Waals surface area (Å²) in [5.41, 5.74) is 8.93. The first-order chi connectivity index (χ1) is 9.60. The fourth-order valence-electron chi connectivity index (χ4n) is 1.96. The molecule has 0 saturated heterocycles. The summed E-state index contributed by atoms with van der Waals surface area (Å²) in [5, 5.41) is 0.717. The smallest absolute Gasteiger partial charge is 0.322 e. The molecule has 2 rings (SSSR count). The first-order valence-electron chi connectivity index (χ1n) is 6.28. The minimum atomic E-state index is -0.624. The Morgan fingerprint density at radius 3 is 2.10 bits per heavy atom. The van der Waals surface area contributed by atoms with Crippen LogP contribution in [0, 0.1) is 0 Å². The predicted molar refractivity (Wildman–Crippen MR) is 80.6 cm³/mol. The molecule has 0 aliphatic rings. The van der Waals surface area contributed by atoms with E-state index < -0.39 is 12.0 Å². The van der Waals surface area contributed by atoms with E-state index in [1.807, 2.05) is 48.5 Å². The number of esters is 1. The van der Waals surface area contributed by atoms with Crippen molar-refractivity contribution in [3.05, 3.63) is 59.1 Å². The van der Waals surface area contributed by atoms with Crippen LogP contribution in [0.3, 0.4) is 0 Å². The normalized spacial score (nSPS) is 11.9. The van der Waals surface area contributed by atoms with Crippen LogP contribution in [0.2, 0.25) is 5.02 Å². The van der Waals surface area contributed by atoms with Crippen LogP contribution >= 0.6 is 11.6 Å². The molecular weight excluding hydrogens is 274 g/mol. The number of ether oxygens (including phenoxy) is 1. The number of rotatable bonds is 4. The first-order valence-corrected chi connectivity index (χ1v) is 6.66. The number of carbonyl (C=O) groups is 1. The van der Waals surface area contributed by atoms with Crippen molar-refractivity contribution in [2.24, 2.45) is 5.73 Å². The summed E-state index contributed by atoms with van der Waals surface area (Å²) in [6, 6.07) is 15.0. The third-order valence-corrected chi connectivity index (χ3v) is 3.34. The SMILES string of the molecule is COC(=O)C(N)Cc1ccc(-c2ccc(Cl)cc2)cc1. The van der Waals surface area contributed by atoms with Crippen molar-refractivity contribution in [2.45, 2.75) is 12.5 Å². The van der Waals surface area contributed by atoms with E-state index >= 15 is 0 Å². The highest BCUT2D eigenvalue weighted by Gasteiger charge is 2.13. The molecule has 20 heavy (non-hydrogen) atoms. The summed E-state index contributed by atoms with van der Waals surface area (Å²) in [6.45, 7) is 0. The van der Waals surface area contributed by atoms with E-state index in [1.165, 1.54) is 7.11 Å². The summed E-state index contributed by atoms with van der Waals surface area (Å²) >= 11 is 5.87. The third kappa shape index (κ3) is 3.59. The van der Waals surface area contributed by atoms with Crippen molar-refractivity contribution in [1.82, 2.24) is 0 Å². The number of benzene rings is 2. The molecule has 0 saturated carbocycles. The average Bonchev–Trinajstić information content (AvgIpc) is 2.48. The number of halogens is 1. The molecule has 1 unspecified atom stereocenters. The van der Waals surface area contributed by atoms with Crippen molar-refractivity contribution in [3.63, 3.8) is 0 Å². The van der Waals surface area contributed by atoms with E-state index in [2.05, 4.69) is 4.74 Å². The second-order valence-electron chi connectivity index (χ2n) is 4.54. The van der Waals surface area contributed by atoms with Crippen molar-refractivity contribution in [1.29, 1.82) is 0 Å². The van der Waals surface area contributed by atoms with Gasteiger partial charge in [-0.3, -0.25) is 4.79 Å². The highest BCUT2D eigenvalue weighted by Crippen LogP contribution is 2.22. The Hall–Kier alpha value is -1.84. The quantitative estimate of drug-likeness (QED) is 0.880. The van der Waals surface area contributed by atoms with Gasteiger partial charge in [0, 0.05) is 5.02 Å². The van der Waals surface area contributed by atoms with E-state index in [0.29, 0.717) is 6.42 Å². The second-order valence-corrected chi connectivity index (χ2v) is 4.97. The minimum Gasteiger partial charge on any atom is -0.468 e. The first kappa shape index (κ1) is 14.6. The Labute approximate surface area is 123 Å². The van der Waals surface area contributed by atoms with E-state index in [4.69, 9.17) is 17.3 Å². The van der Waals surface area contributed by atoms with Gasteiger partial charge in [0.1, 0.15) is 6.04 Å². The van der Waals surface area contributed by atoms with Crippen LogP contribution in [-0.2, 0) is 16.0 Å². The van der Waals surface area contributed by atoms with Crippen molar-refractivity contribution >= 4 is 17.6 Å². The van der Waals surface area contributed by atoms with E-state index in [1.54, 1.807) is 0 Å². The van der Waals surface area contributed by atoms with Gasteiger partial charge in [0.05, 0.1) is 7.11 Å². The average molecular weight is 290 g/mol. The molecule has 0 radical (unpaired) electrons. The fraction of sp³-hybridized carbons (Fsp3) is 0.188. The topological polar surface area (TPSA) is 52.3 Å². The lowest BCUT2D eigenvalue weighted by Gasteiger charge is -2.10. The van der Waals surface area contributed by atoms with Gasteiger partial charge in [0.2, 0.25) is 0 Å². The maximum absolute atomic E-state index is 11.3. The van der Waals surface area contributed by atoms with Gasteiger partial charge in [-0.15, -0.1) is 0 Å². The van der Waals surface area contributed by atoms with Gasteiger partial charge in [-0.25, -0.2) is 0 Å². The molecule has 1 atom stereocenters. The molecule has 104 valence electrons. The third-order valence-electron chi connectivity index (χ3n) is 3.09. The molecule has 0 spiro atoms. The molecule has 0 bridgehead atoms. The standard InChI is InChI=1S/C16H16ClNO2/c1-20-16(19)15(18)10-11-2-4-12(5-3-11)13-6-8-14(17)9-7-13/h2-9,15H,10,18H2,1H3. The lowest BCUT2D eigenvalue weighted by atomic mass is 10.0. The van der Waals surface area contributed by atoms with Crippen molar-refractivity contribution in [2.75, 3.05) is 7.11 Å². The number of carbonyl (C=O) groups excluding carboxylic acids is 1. The Bertz CT molecular complexity index is 578. The molecule has 0 fully saturated rings. The summed E-state index contributed by atoms with van der Waals surface area (Å²) in [6.07, 6.45) is 0.466. The van der Waals surface area contributed by atoms with Crippen LogP contribution in [-0.4, -0.2) is 19.1 Å². The van der Waals surface area contributed by atoms with Crippen LogP contribution in [0.15, 0.2) is 48.5 Å². The van der Waals surface area contributed by atoms with E-state index in [0.717, 1.165) is 21.7 Å². The lowest BCUT2D eigenvalue weighted by molar-refractivity contribution is -0.142. The van der Waals surface area contributed by atoms with Crippen LogP contribution in [0.4, 0.5) is 0 Å². The Morgan fingerprint density at radius 2 is 1.60 bits per heavy atom. The van der Waals surface area contributed by atoms with Crippen molar-refractivity contribution in [3.8, 4) is 11.1 Å². The second kappa shape index (κ2) is 6.55. The highest BCUT2D eigenvalue weighted by atomic mass is 35.5. The number of nitrogens with two attached hydrogens (primary N) is 1. The van der Waals surface area contributed by atoms with Gasteiger partial charge in [-0.1, -0.05) is 48.0 Å². The number of hydrogen-bond donors (Lipinski definition) is 1. The summed E-state index contributed by atoms with van der Waals surface area (Å²) in [4.78, 5) is 11.3. The van der Waals surface area contributed by atoms with Gasteiger partial charge < -0.3 is 10.5 Å². The fourth-order valence-corrected chi connectivity index (χ4v) is 2.09. The lowest BCUT2D eigenvalue weighted by Crippen LogP contribution is -2.33. The monoisotopic (exact) mass is 289 g/mol. The zero-order chi connectivity index (χ0) is 14.5. The van der Waals surface area contributed by atoms with Crippen LogP contribution in [0.5, 0.6) is 0 Å². The van der Waals surface area contributed by atoms with Gasteiger partial charge in [-0.05, 0) is 35.2 Å². The Balaban J connectivity index is 2.10. The summed E-state index contributed by atoms with van der Waals surface area (Å²) in [5.74, 6) is -0.397. The molecule has 4 heteroatoms. The number of methoxy groups -OCH3 is 1. The predicted octanol–water partition coefficient (Wildman–Crippen LogP) is 3.05. The number of hydrogen-bond acceptors (Lipinski definition) is 3. The largest absolute Gasteiger partial charge is 0.468 e. The van der Waals surface area contributed by atoms with Crippen LogP contribution < -0.4 is 5.73 Å². The summed E-state index contributed by atoms with van der Waals surface area (Å²) in [7, 11) is 1.34. The van der Waals surface area contributed by atoms with Crippen LogP contribution in [0.25, 0.3) is 11.1 Å². The Kier molecular flexibility index (Phi) is 4.77. The molecule has 0 aromatic heterocycles. The molecule has 0 heterocycles. The Morgan fingerprint density at radius 1 is 1.10 bits per heavy atom. The van der Waals surface area contributed by atoms with Crippen LogP contribution in [0.1, 0.15) is 5.56 Å². The molecule has 0 aliphatic heterocycles. The maximum Gasteiger partial charge on any atom is 0.322 e. The maximum atomic E-state index is 11.3. The molecule has 0 aliphatic carbocycles. The highest BCUT2D eigenvalue weighted by molar-refractivity contribution is 6.30. The van der Waals surface area contributed by atoms with E-state index in [-0.39, 0.29) is 0 Å². The van der Waals surface area contributed by atoms with Gasteiger partial charge >= 0.3 is 5.97 Å². The molecule has 3 nitrogen and oxygen atoms in total. The van der Waals surface area contributed by atoms with Gasteiger partial charge in [0.15, 0.2) is 0 Å². The summed E-state index contributed by atoms with van der Waals surface area (Å²) < 4.78 is 4.61. The van der Waals surface area contributed by atoms with Crippen molar-refractivity contribution < 1.29 is 9.53 Å². The molecule has 0 amide bonds.